The number of benzene rings is 1. The Morgan fingerprint density at radius 2 is 1.85 bits per heavy atom. The van der Waals surface area contributed by atoms with Gasteiger partial charge < -0.3 is 10.2 Å². The first-order valence-electron chi connectivity index (χ1n) is 6.15. The molecule has 0 bridgehead atoms. The second kappa shape index (κ2) is 6.47. The van der Waals surface area contributed by atoms with Gasteiger partial charge in [-0.25, -0.2) is 14.8 Å². The lowest BCUT2D eigenvalue weighted by Gasteiger charge is -2.02. The molecule has 1 aromatic heterocycles. The van der Waals surface area contributed by atoms with Crippen molar-refractivity contribution in [2.45, 2.75) is 12.8 Å². The Labute approximate surface area is 116 Å². The van der Waals surface area contributed by atoms with Gasteiger partial charge in [-0.2, -0.15) is 0 Å². The molecule has 5 nitrogen and oxygen atoms in total. The standard InChI is InChI=1S/C15H14N2O3/c18-13(15(19)20)10-14-16-9-8-12(17-14)7-6-11-4-2-1-3-5-11/h1-5,8-10,18H,6-7H2,(H,19,20). The number of carbonyl (C=O) groups is 1. The van der Waals surface area contributed by atoms with Crippen molar-refractivity contribution in [2.75, 3.05) is 0 Å². The Kier molecular flexibility index (Phi) is 4.44. The van der Waals surface area contributed by atoms with Gasteiger partial charge in [0, 0.05) is 18.0 Å². The highest BCUT2D eigenvalue weighted by atomic mass is 16.4. The van der Waals surface area contributed by atoms with E-state index in [1.54, 1.807) is 12.3 Å². The van der Waals surface area contributed by atoms with Crippen LogP contribution in [0.15, 0.2) is 48.4 Å². The molecule has 102 valence electrons. The fourth-order valence-electron chi connectivity index (χ4n) is 1.72. The molecule has 0 aliphatic rings. The highest BCUT2D eigenvalue weighted by molar-refractivity contribution is 5.88. The van der Waals surface area contributed by atoms with Crippen LogP contribution in [0.25, 0.3) is 6.08 Å². The molecule has 0 radical (unpaired) electrons. The number of aliphatic hydroxyl groups is 1. The van der Waals surface area contributed by atoms with E-state index in [0.29, 0.717) is 0 Å². The number of rotatable bonds is 5. The third-order valence-electron chi connectivity index (χ3n) is 2.73. The molecule has 0 atom stereocenters. The summed E-state index contributed by atoms with van der Waals surface area (Å²) in [6, 6.07) is 11.8. The minimum Gasteiger partial charge on any atom is -0.502 e. The largest absolute Gasteiger partial charge is 0.502 e. The number of hydrogen-bond donors (Lipinski definition) is 2. The van der Waals surface area contributed by atoms with Crippen LogP contribution in [0.3, 0.4) is 0 Å². The van der Waals surface area contributed by atoms with Gasteiger partial charge in [-0.05, 0) is 24.5 Å². The van der Waals surface area contributed by atoms with Crippen LogP contribution in [-0.4, -0.2) is 26.2 Å². The van der Waals surface area contributed by atoms with E-state index in [-0.39, 0.29) is 5.82 Å². The molecule has 2 N–H and O–H groups in total. The Balaban J connectivity index is 2.07. The number of aliphatic hydroxyl groups excluding tert-OH is 1. The predicted octanol–water partition coefficient (Wildman–Crippen LogP) is 2.25. The van der Waals surface area contributed by atoms with Gasteiger partial charge in [0.2, 0.25) is 5.76 Å². The highest BCUT2D eigenvalue weighted by Crippen LogP contribution is 2.06. The molecular weight excluding hydrogens is 256 g/mol. The van der Waals surface area contributed by atoms with E-state index < -0.39 is 11.7 Å². The second-order valence-corrected chi connectivity index (χ2v) is 4.23. The molecule has 0 saturated heterocycles. The number of carboxylic acid groups (broad SMARTS) is 1. The summed E-state index contributed by atoms with van der Waals surface area (Å²) < 4.78 is 0. The Morgan fingerprint density at radius 1 is 1.10 bits per heavy atom. The quantitative estimate of drug-likeness (QED) is 0.643. The maximum absolute atomic E-state index is 10.5. The molecule has 1 aromatic carbocycles. The molecular formula is C15H14N2O3. The zero-order valence-electron chi connectivity index (χ0n) is 10.7. The maximum Gasteiger partial charge on any atom is 0.371 e. The molecule has 0 fully saturated rings. The molecule has 5 heteroatoms. The van der Waals surface area contributed by atoms with E-state index in [2.05, 4.69) is 9.97 Å². The lowest BCUT2D eigenvalue weighted by molar-refractivity contribution is -0.135. The van der Waals surface area contributed by atoms with Gasteiger partial charge in [0.1, 0.15) is 0 Å². The van der Waals surface area contributed by atoms with Crippen LogP contribution in [0.1, 0.15) is 17.1 Å². The van der Waals surface area contributed by atoms with E-state index in [1.165, 1.54) is 5.56 Å². The van der Waals surface area contributed by atoms with E-state index in [1.807, 2.05) is 30.3 Å². The van der Waals surface area contributed by atoms with Gasteiger partial charge in [-0.15, -0.1) is 0 Å². The SMILES string of the molecule is O=C(O)C(O)=Cc1nccc(CCc2ccccc2)n1. The smallest absolute Gasteiger partial charge is 0.371 e. The van der Waals surface area contributed by atoms with Crippen LogP contribution >= 0.6 is 0 Å². The summed E-state index contributed by atoms with van der Waals surface area (Å²) in [5.74, 6) is -1.98. The molecule has 2 rings (SSSR count). The molecule has 20 heavy (non-hydrogen) atoms. The number of aromatic nitrogens is 2. The van der Waals surface area contributed by atoms with Gasteiger partial charge in [0.05, 0.1) is 0 Å². The molecule has 0 amide bonds. The fourth-order valence-corrected chi connectivity index (χ4v) is 1.72. The van der Waals surface area contributed by atoms with Crippen LogP contribution in [0.4, 0.5) is 0 Å². The molecule has 0 aliphatic heterocycles. The van der Waals surface area contributed by atoms with Crippen LogP contribution in [0, 0.1) is 0 Å². The summed E-state index contributed by atoms with van der Waals surface area (Å²) >= 11 is 0. The molecule has 0 spiro atoms. The van der Waals surface area contributed by atoms with Crippen LogP contribution < -0.4 is 0 Å². The Hall–Kier alpha value is -2.69. The van der Waals surface area contributed by atoms with Crippen molar-refractivity contribution in [3.63, 3.8) is 0 Å². The maximum atomic E-state index is 10.5. The van der Waals surface area contributed by atoms with Gasteiger partial charge in [0.25, 0.3) is 0 Å². The summed E-state index contributed by atoms with van der Waals surface area (Å²) in [6.45, 7) is 0. The lowest BCUT2D eigenvalue weighted by Crippen LogP contribution is -2.01. The lowest BCUT2D eigenvalue weighted by atomic mass is 10.1. The minimum absolute atomic E-state index is 0.190. The van der Waals surface area contributed by atoms with Gasteiger partial charge >= 0.3 is 5.97 Å². The van der Waals surface area contributed by atoms with Crippen LogP contribution in [0.2, 0.25) is 0 Å². The zero-order chi connectivity index (χ0) is 14.4. The summed E-state index contributed by atoms with van der Waals surface area (Å²) in [4.78, 5) is 18.6. The van der Waals surface area contributed by atoms with Crippen molar-refractivity contribution in [3.8, 4) is 0 Å². The van der Waals surface area contributed by atoms with E-state index >= 15 is 0 Å². The molecule has 0 saturated carbocycles. The first-order chi connectivity index (χ1) is 9.65. The second-order valence-electron chi connectivity index (χ2n) is 4.23. The molecule has 2 aromatic rings. The van der Waals surface area contributed by atoms with Gasteiger partial charge in [-0.1, -0.05) is 30.3 Å². The van der Waals surface area contributed by atoms with Crippen LogP contribution in [0.5, 0.6) is 0 Å². The summed E-state index contributed by atoms with van der Waals surface area (Å²) in [5, 5.41) is 17.8. The number of carboxylic acids is 1. The molecule has 1 heterocycles. The first kappa shape index (κ1) is 13.7. The summed E-state index contributed by atoms with van der Waals surface area (Å²) in [5.41, 5.74) is 2.00. The van der Waals surface area contributed by atoms with Gasteiger partial charge in [-0.3, -0.25) is 0 Å². The van der Waals surface area contributed by atoms with Crippen molar-refractivity contribution in [3.05, 3.63) is 65.4 Å². The Bertz CT molecular complexity index is 624. The normalized spacial score (nSPS) is 11.3. The van der Waals surface area contributed by atoms with E-state index in [4.69, 9.17) is 10.2 Å². The summed E-state index contributed by atoms with van der Waals surface area (Å²) in [6.07, 6.45) is 4.15. The van der Waals surface area contributed by atoms with Crippen LogP contribution in [-0.2, 0) is 17.6 Å². The average molecular weight is 270 g/mol. The number of aliphatic carboxylic acids is 1. The topological polar surface area (TPSA) is 83.3 Å². The van der Waals surface area contributed by atoms with Crippen molar-refractivity contribution >= 4 is 12.0 Å². The third-order valence-corrected chi connectivity index (χ3v) is 2.73. The first-order valence-corrected chi connectivity index (χ1v) is 6.15. The number of nitrogens with zero attached hydrogens (tertiary/aromatic N) is 2. The molecule has 0 aliphatic carbocycles. The van der Waals surface area contributed by atoms with E-state index in [9.17, 15) is 4.79 Å². The third kappa shape index (κ3) is 3.91. The van der Waals surface area contributed by atoms with Crippen molar-refractivity contribution in [2.24, 2.45) is 0 Å². The molecule has 0 unspecified atom stereocenters. The fraction of sp³-hybridized carbons (Fsp3) is 0.133. The van der Waals surface area contributed by atoms with Crippen molar-refractivity contribution < 1.29 is 15.0 Å². The predicted molar refractivity (Wildman–Crippen MR) is 74.1 cm³/mol. The zero-order valence-corrected chi connectivity index (χ0v) is 10.7. The monoisotopic (exact) mass is 270 g/mol. The van der Waals surface area contributed by atoms with Gasteiger partial charge in [0.15, 0.2) is 5.82 Å². The summed E-state index contributed by atoms with van der Waals surface area (Å²) in [7, 11) is 0. The van der Waals surface area contributed by atoms with Crippen molar-refractivity contribution in [1.82, 2.24) is 9.97 Å². The number of aryl methyl sites for hydroxylation is 2. The minimum atomic E-state index is -1.40. The van der Waals surface area contributed by atoms with Crippen molar-refractivity contribution in [1.29, 1.82) is 0 Å². The number of hydrogen-bond acceptors (Lipinski definition) is 4. The average Bonchev–Trinajstić information content (AvgIpc) is 2.46. The Morgan fingerprint density at radius 3 is 2.55 bits per heavy atom. The highest BCUT2D eigenvalue weighted by Gasteiger charge is 2.05. The van der Waals surface area contributed by atoms with E-state index in [0.717, 1.165) is 24.6 Å².